The number of nitrogens with one attached hydrogen (secondary N) is 5. The average Bonchev–Trinajstić information content (AvgIpc) is 2.87. The Hall–Kier alpha value is -2.97. The summed E-state index contributed by atoms with van der Waals surface area (Å²) >= 11 is 0. The van der Waals surface area contributed by atoms with Crippen molar-refractivity contribution in [3.05, 3.63) is 16.8 Å². The van der Waals surface area contributed by atoms with Crippen LogP contribution in [-0.4, -0.2) is 97.1 Å². The Balaban J connectivity index is 0. The summed E-state index contributed by atoms with van der Waals surface area (Å²) in [4.78, 5) is 68.3. The molecule has 0 radical (unpaired) electrons. The number of alkyl carbamates (subject to hydrolysis) is 2. The van der Waals surface area contributed by atoms with Crippen LogP contribution in [0.5, 0.6) is 0 Å². The number of ether oxygens (including phenoxy) is 2. The molecule has 0 aromatic rings. The fraction of sp³-hybridized carbons (Fsp3) is 0.739. The molecule has 0 bridgehead atoms. The second-order valence-electron chi connectivity index (χ2n) is 8.52. The number of aliphatic carboxylic acids is 2. The monoisotopic (exact) mass is 754 g/mol. The molecule has 0 spiro atoms. The Morgan fingerprint density at radius 2 is 1.57 bits per heavy atom. The summed E-state index contributed by atoms with van der Waals surface area (Å²) in [5, 5.41) is 27.8. The Kier molecular flexibility index (Phi) is 22.3. The largest absolute Gasteiger partial charge is 0.676 e. The molecule has 1 aliphatic carbocycles. The van der Waals surface area contributed by atoms with E-state index in [1.54, 1.807) is 6.92 Å². The number of carboxylic acids is 2. The Morgan fingerprint density at radius 1 is 0.975 bits per heavy atom. The molecule has 1 aliphatic rings. The number of unbranched alkanes of at least 4 members (excludes halogenated alkanes) is 1. The molecule has 7 N–H and O–H groups in total. The minimum atomic E-state index is -1.78. The third kappa shape index (κ3) is 19.1. The number of carbonyl (C=O) groups is 6. The maximum absolute atomic E-state index is 12.3. The van der Waals surface area contributed by atoms with Crippen LogP contribution in [0.25, 0.3) is 16.8 Å². The van der Waals surface area contributed by atoms with Crippen molar-refractivity contribution in [1.82, 2.24) is 16.0 Å². The molecule has 1 rings (SSSR count). The Morgan fingerprint density at radius 3 is 2.05 bits per heavy atom. The summed E-state index contributed by atoms with van der Waals surface area (Å²) in [5.41, 5.74) is 14.6. The molecule has 4 amide bonds. The molecular weight excluding hydrogens is 715 g/mol. The van der Waals surface area contributed by atoms with Crippen molar-refractivity contribution in [3.63, 3.8) is 0 Å². The van der Waals surface area contributed by atoms with Gasteiger partial charge in [0.15, 0.2) is 0 Å². The van der Waals surface area contributed by atoms with Gasteiger partial charge in [0.05, 0.1) is 26.2 Å². The van der Waals surface area contributed by atoms with Crippen LogP contribution in [0.15, 0.2) is 0 Å². The van der Waals surface area contributed by atoms with Crippen molar-refractivity contribution in [2.45, 2.75) is 82.5 Å². The first kappa shape index (κ1) is 39.2. The number of amides is 4. The van der Waals surface area contributed by atoms with E-state index in [2.05, 4.69) is 26.0 Å². The Bertz CT molecular complexity index is 809. The van der Waals surface area contributed by atoms with Gasteiger partial charge in [-0.1, -0.05) is 25.7 Å². The van der Waals surface area contributed by atoms with E-state index in [1.807, 2.05) is 0 Å². The fourth-order valence-electron chi connectivity index (χ4n) is 3.31. The zero-order valence-electron chi connectivity index (χ0n) is 22.5. The van der Waals surface area contributed by atoms with Gasteiger partial charge in [-0.3, -0.25) is 14.4 Å². The summed E-state index contributed by atoms with van der Waals surface area (Å²) in [6, 6.07) is -3.01. The molecule has 1 saturated carbocycles. The number of nitrogens with zero attached hydrogens (tertiary/aromatic N) is 1. The number of hydrogen-bond donors (Lipinski definition) is 5. The van der Waals surface area contributed by atoms with Crippen molar-refractivity contribution in [1.29, 1.82) is 0 Å². The van der Waals surface area contributed by atoms with E-state index in [1.165, 1.54) is 20.0 Å². The number of carboxylic acid groups (broad SMARTS) is 2. The van der Waals surface area contributed by atoms with Crippen molar-refractivity contribution in [2.24, 2.45) is 0 Å². The van der Waals surface area contributed by atoms with Gasteiger partial charge in [0.1, 0.15) is 6.04 Å². The molecule has 0 heterocycles. The summed E-state index contributed by atoms with van der Waals surface area (Å²) in [6.45, 7) is 1.23. The molecular formula is C23H39N6O10Pt-3. The zero-order chi connectivity index (χ0) is 29.8. The first-order chi connectivity index (χ1) is 18.4. The van der Waals surface area contributed by atoms with Crippen LogP contribution < -0.4 is 16.0 Å². The summed E-state index contributed by atoms with van der Waals surface area (Å²) < 4.78 is 9.14. The predicted octanol–water partition coefficient (Wildman–Crippen LogP) is 1.97. The molecule has 4 unspecified atom stereocenters. The smallest absolute Gasteiger partial charge is 0.407 e. The number of rotatable bonds is 14. The van der Waals surface area contributed by atoms with E-state index < -0.39 is 61.0 Å². The molecule has 40 heavy (non-hydrogen) atoms. The van der Waals surface area contributed by atoms with Crippen LogP contribution in [0.3, 0.4) is 0 Å². The van der Waals surface area contributed by atoms with E-state index in [9.17, 15) is 28.8 Å². The SMILES string of the molecule is CCOC(=O)NC(CCCCNC(=O)OC)C(=O)NCC(=O)[N-]C(CC(=O)O)C(=O)O.[NH-]C1CCCCC1[NH-].[Pt]. The molecule has 234 valence electrons. The molecule has 0 saturated heterocycles. The van der Waals surface area contributed by atoms with Crippen molar-refractivity contribution < 1.29 is 69.5 Å². The van der Waals surface area contributed by atoms with Crippen molar-refractivity contribution >= 4 is 35.9 Å². The van der Waals surface area contributed by atoms with Gasteiger partial charge in [-0.2, -0.15) is 12.1 Å². The first-order valence-electron chi connectivity index (χ1n) is 12.5. The van der Waals surface area contributed by atoms with Gasteiger partial charge in [-0.15, -0.1) is 0 Å². The summed E-state index contributed by atoms with van der Waals surface area (Å²) in [5.74, 6) is -4.83. The predicted molar refractivity (Wildman–Crippen MR) is 138 cm³/mol. The quantitative estimate of drug-likeness (QED) is 0.161. The second kappa shape index (κ2) is 22.8. The molecule has 0 aliphatic heterocycles. The molecule has 1 fully saturated rings. The van der Waals surface area contributed by atoms with Crippen LogP contribution >= 0.6 is 0 Å². The minimum absolute atomic E-state index is 0. The van der Waals surface area contributed by atoms with E-state index in [4.69, 9.17) is 26.4 Å². The van der Waals surface area contributed by atoms with Gasteiger partial charge in [-0.05, 0) is 32.2 Å². The zero-order valence-corrected chi connectivity index (χ0v) is 24.8. The maximum Gasteiger partial charge on any atom is 0.407 e. The van der Waals surface area contributed by atoms with E-state index in [-0.39, 0.29) is 52.7 Å². The Labute approximate surface area is 247 Å². The standard InChI is InChI=1S/C17H28N4O10.C6H12N2.Pt/c1-3-31-17(29)21-10(6-4-5-7-18-16(28)30-2)14(25)19-9-12(22)20-11(15(26)27)8-13(23)24;7-5-3-1-2-4-6(5)8;/h10-11H,3-9H2,1-2H3,(H6,18,19,20,21,22,23,24,25,26,27,28,29);5-8H,1-4H2;/q;-2;/p-1. The van der Waals surface area contributed by atoms with Crippen LogP contribution in [0.2, 0.25) is 0 Å². The third-order valence-corrected chi connectivity index (χ3v) is 5.39. The maximum atomic E-state index is 12.3. The van der Waals surface area contributed by atoms with Gasteiger partial charge < -0.3 is 57.2 Å². The molecule has 4 atom stereocenters. The van der Waals surface area contributed by atoms with E-state index in [0.717, 1.165) is 12.8 Å². The molecule has 0 aromatic carbocycles. The van der Waals surface area contributed by atoms with Crippen molar-refractivity contribution in [2.75, 3.05) is 26.8 Å². The van der Waals surface area contributed by atoms with Crippen LogP contribution in [-0.2, 0) is 49.7 Å². The van der Waals surface area contributed by atoms with Gasteiger partial charge >= 0.3 is 18.2 Å². The number of carbonyl (C=O) groups excluding carboxylic acids is 4. The average molecular weight is 755 g/mol. The van der Waals surface area contributed by atoms with Crippen LogP contribution in [0, 0.1) is 0 Å². The minimum Gasteiger partial charge on any atom is -0.676 e. The van der Waals surface area contributed by atoms with Crippen LogP contribution in [0.4, 0.5) is 9.59 Å². The molecule has 17 heteroatoms. The number of methoxy groups -OCH3 is 1. The van der Waals surface area contributed by atoms with Gasteiger partial charge in [0.25, 0.3) is 5.97 Å². The summed E-state index contributed by atoms with van der Waals surface area (Å²) in [7, 11) is 1.22. The van der Waals surface area contributed by atoms with E-state index in [0.29, 0.717) is 12.8 Å². The summed E-state index contributed by atoms with van der Waals surface area (Å²) in [6.07, 6.45) is 2.93. The normalized spacial score (nSPS) is 17.2. The second-order valence-corrected chi connectivity index (χ2v) is 8.52. The van der Waals surface area contributed by atoms with Crippen LogP contribution in [0.1, 0.15) is 58.3 Å². The molecule has 16 nitrogen and oxygen atoms in total. The van der Waals surface area contributed by atoms with Gasteiger partial charge in [0.2, 0.25) is 5.91 Å². The third-order valence-electron chi connectivity index (χ3n) is 5.39. The van der Waals surface area contributed by atoms with Crippen molar-refractivity contribution in [3.8, 4) is 0 Å². The van der Waals surface area contributed by atoms with E-state index >= 15 is 0 Å². The van der Waals surface area contributed by atoms with Gasteiger partial charge in [0, 0.05) is 34.0 Å². The first-order valence-corrected chi connectivity index (χ1v) is 12.5. The number of hydrogen-bond acceptors (Lipinski definition) is 8. The fourth-order valence-corrected chi connectivity index (χ4v) is 3.31. The topological polar surface area (TPSA) is 259 Å². The molecule has 0 aromatic heterocycles. The van der Waals surface area contributed by atoms with Gasteiger partial charge in [-0.25, -0.2) is 9.59 Å².